The van der Waals surface area contributed by atoms with Crippen molar-refractivity contribution in [1.29, 1.82) is 0 Å². The summed E-state index contributed by atoms with van der Waals surface area (Å²) in [6.45, 7) is 1.91. The summed E-state index contributed by atoms with van der Waals surface area (Å²) < 4.78 is 30.4. The van der Waals surface area contributed by atoms with Gasteiger partial charge < -0.3 is 10.5 Å². The lowest BCUT2D eigenvalue weighted by molar-refractivity contribution is 0.401. The van der Waals surface area contributed by atoms with Crippen molar-refractivity contribution in [2.75, 3.05) is 7.11 Å². The van der Waals surface area contributed by atoms with Crippen LogP contribution in [0.5, 0.6) is 5.75 Å². The monoisotopic (exact) mass is 269 g/mol. The van der Waals surface area contributed by atoms with Crippen molar-refractivity contribution in [2.45, 2.75) is 36.0 Å². The Morgan fingerprint density at radius 1 is 1.28 bits per heavy atom. The molecule has 1 aromatic carbocycles. The summed E-state index contributed by atoms with van der Waals surface area (Å²) in [5, 5.41) is -0.399. The molecule has 0 radical (unpaired) electrons. The van der Waals surface area contributed by atoms with Crippen LogP contribution in [0.25, 0.3) is 0 Å². The molecule has 3 atom stereocenters. The first-order chi connectivity index (χ1) is 8.48. The van der Waals surface area contributed by atoms with Gasteiger partial charge in [0.05, 0.1) is 12.4 Å². The van der Waals surface area contributed by atoms with Crippen LogP contribution in [0.1, 0.15) is 19.8 Å². The second-order valence-corrected chi connectivity index (χ2v) is 6.97. The lowest BCUT2D eigenvalue weighted by Gasteiger charge is -2.19. The number of para-hydroxylation sites is 1. The molecule has 3 unspecified atom stereocenters. The molecule has 5 heteroatoms. The lowest BCUT2D eigenvalue weighted by atomic mass is 10.1. The van der Waals surface area contributed by atoms with Crippen molar-refractivity contribution in [1.82, 2.24) is 0 Å². The highest BCUT2D eigenvalue weighted by molar-refractivity contribution is 7.92. The normalized spacial score (nSPS) is 28.3. The second-order valence-electron chi connectivity index (χ2n) is 4.83. The van der Waals surface area contributed by atoms with Gasteiger partial charge in [0, 0.05) is 6.04 Å². The number of hydrogen-bond donors (Lipinski definition) is 1. The van der Waals surface area contributed by atoms with Gasteiger partial charge in [0.2, 0.25) is 0 Å². The van der Waals surface area contributed by atoms with Crippen LogP contribution in [0.3, 0.4) is 0 Å². The van der Waals surface area contributed by atoms with Crippen molar-refractivity contribution in [3.05, 3.63) is 24.3 Å². The quantitative estimate of drug-likeness (QED) is 0.904. The van der Waals surface area contributed by atoms with Gasteiger partial charge in [-0.3, -0.25) is 0 Å². The summed E-state index contributed by atoms with van der Waals surface area (Å²) in [7, 11) is -1.88. The Hall–Kier alpha value is -1.07. The topological polar surface area (TPSA) is 69.4 Å². The number of hydrogen-bond acceptors (Lipinski definition) is 4. The average molecular weight is 269 g/mol. The molecule has 1 saturated carbocycles. The third kappa shape index (κ3) is 2.12. The van der Waals surface area contributed by atoms with Crippen LogP contribution in [0.4, 0.5) is 0 Å². The molecule has 0 amide bonds. The summed E-state index contributed by atoms with van der Waals surface area (Å²) in [4.78, 5) is 0.276. The van der Waals surface area contributed by atoms with Gasteiger partial charge in [-0.2, -0.15) is 0 Å². The SMILES string of the molecule is COc1ccccc1S(=O)(=O)C1CCC(N)C1C. The first-order valence-electron chi connectivity index (χ1n) is 6.11. The maximum Gasteiger partial charge on any atom is 0.185 e. The van der Waals surface area contributed by atoms with Crippen molar-refractivity contribution < 1.29 is 13.2 Å². The third-order valence-corrected chi connectivity index (χ3v) is 6.23. The molecule has 1 aliphatic rings. The van der Waals surface area contributed by atoms with Crippen LogP contribution >= 0.6 is 0 Å². The molecule has 1 aromatic rings. The summed E-state index contributed by atoms with van der Waals surface area (Å²) in [6, 6.07) is 6.73. The molecule has 0 heterocycles. The van der Waals surface area contributed by atoms with Crippen LogP contribution in [0.2, 0.25) is 0 Å². The maximum absolute atomic E-state index is 12.6. The zero-order valence-corrected chi connectivity index (χ0v) is 11.5. The number of benzene rings is 1. The van der Waals surface area contributed by atoms with Crippen LogP contribution < -0.4 is 10.5 Å². The Labute approximate surface area is 108 Å². The van der Waals surface area contributed by atoms with Gasteiger partial charge >= 0.3 is 0 Å². The Balaban J connectivity index is 2.43. The van der Waals surface area contributed by atoms with E-state index in [4.69, 9.17) is 10.5 Å². The van der Waals surface area contributed by atoms with E-state index in [1.807, 2.05) is 6.92 Å². The van der Waals surface area contributed by atoms with Crippen LogP contribution in [0.15, 0.2) is 29.2 Å². The van der Waals surface area contributed by atoms with E-state index < -0.39 is 15.1 Å². The number of rotatable bonds is 3. The van der Waals surface area contributed by atoms with E-state index in [0.717, 1.165) is 6.42 Å². The average Bonchev–Trinajstić information content (AvgIpc) is 2.70. The molecule has 0 bridgehead atoms. The van der Waals surface area contributed by atoms with Gasteiger partial charge in [-0.25, -0.2) is 8.42 Å². The van der Waals surface area contributed by atoms with Crippen LogP contribution in [-0.4, -0.2) is 26.8 Å². The summed E-state index contributed by atoms with van der Waals surface area (Å²) in [5.74, 6) is 0.394. The predicted octanol–water partition coefficient (Wildman–Crippen LogP) is 1.59. The van der Waals surface area contributed by atoms with E-state index in [1.165, 1.54) is 7.11 Å². The second kappa shape index (κ2) is 4.90. The van der Waals surface area contributed by atoms with Gasteiger partial charge in [0.25, 0.3) is 0 Å². The fraction of sp³-hybridized carbons (Fsp3) is 0.538. The van der Waals surface area contributed by atoms with E-state index >= 15 is 0 Å². The van der Waals surface area contributed by atoms with Gasteiger partial charge in [-0.15, -0.1) is 0 Å². The molecule has 0 spiro atoms. The molecule has 1 aliphatic carbocycles. The number of sulfone groups is 1. The maximum atomic E-state index is 12.6. The minimum Gasteiger partial charge on any atom is -0.495 e. The Bertz CT molecular complexity index is 527. The smallest absolute Gasteiger partial charge is 0.185 e. The minimum atomic E-state index is -3.37. The van der Waals surface area contributed by atoms with Gasteiger partial charge in [-0.05, 0) is 30.9 Å². The van der Waals surface area contributed by atoms with E-state index in [-0.39, 0.29) is 16.9 Å². The van der Waals surface area contributed by atoms with Crippen molar-refractivity contribution >= 4 is 9.84 Å². The van der Waals surface area contributed by atoms with E-state index in [2.05, 4.69) is 0 Å². The standard InChI is InChI=1S/C13H19NO3S/c1-9-10(14)7-8-12(9)18(15,16)13-6-4-3-5-11(13)17-2/h3-6,9-10,12H,7-8,14H2,1-2H3. The van der Waals surface area contributed by atoms with Crippen LogP contribution in [0, 0.1) is 5.92 Å². The van der Waals surface area contributed by atoms with Crippen molar-refractivity contribution in [3.63, 3.8) is 0 Å². The van der Waals surface area contributed by atoms with Gasteiger partial charge in [0.15, 0.2) is 9.84 Å². The predicted molar refractivity (Wildman–Crippen MR) is 70.3 cm³/mol. The lowest BCUT2D eigenvalue weighted by Crippen LogP contribution is -2.32. The molecule has 2 N–H and O–H groups in total. The molecule has 4 nitrogen and oxygen atoms in total. The highest BCUT2D eigenvalue weighted by atomic mass is 32.2. The largest absolute Gasteiger partial charge is 0.495 e. The van der Waals surface area contributed by atoms with E-state index in [0.29, 0.717) is 12.2 Å². The van der Waals surface area contributed by atoms with Crippen molar-refractivity contribution in [3.8, 4) is 5.75 Å². The number of nitrogens with two attached hydrogens (primary N) is 1. The molecular formula is C13H19NO3S. The third-order valence-electron chi connectivity index (χ3n) is 3.82. The molecule has 0 aromatic heterocycles. The number of ether oxygens (including phenoxy) is 1. The molecule has 1 fully saturated rings. The molecular weight excluding hydrogens is 250 g/mol. The van der Waals surface area contributed by atoms with Crippen LogP contribution in [-0.2, 0) is 9.84 Å². The first-order valence-corrected chi connectivity index (χ1v) is 7.65. The molecule has 100 valence electrons. The molecule has 18 heavy (non-hydrogen) atoms. The van der Waals surface area contributed by atoms with E-state index in [9.17, 15) is 8.42 Å². The first kappa shape index (κ1) is 13.4. The van der Waals surface area contributed by atoms with E-state index in [1.54, 1.807) is 24.3 Å². The Morgan fingerprint density at radius 3 is 2.50 bits per heavy atom. The fourth-order valence-electron chi connectivity index (χ4n) is 2.61. The highest BCUT2D eigenvalue weighted by Crippen LogP contribution is 2.36. The molecule has 0 aliphatic heterocycles. The zero-order chi connectivity index (χ0) is 13.3. The molecule has 2 rings (SSSR count). The Kier molecular flexibility index (Phi) is 3.64. The molecule has 0 saturated heterocycles. The highest BCUT2D eigenvalue weighted by Gasteiger charge is 2.41. The number of methoxy groups -OCH3 is 1. The van der Waals surface area contributed by atoms with Crippen molar-refractivity contribution in [2.24, 2.45) is 11.7 Å². The fourth-order valence-corrected chi connectivity index (χ4v) is 4.85. The summed E-state index contributed by atoms with van der Waals surface area (Å²) in [6.07, 6.45) is 1.39. The van der Waals surface area contributed by atoms with Gasteiger partial charge in [0.1, 0.15) is 10.6 Å². The summed E-state index contributed by atoms with van der Waals surface area (Å²) >= 11 is 0. The summed E-state index contributed by atoms with van der Waals surface area (Å²) in [5.41, 5.74) is 5.92. The van der Waals surface area contributed by atoms with Gasteiger partial charge in [-0.1, -0.05) is 19.1 Å². The Morgan fingerprint density at radius 2 is 1.94 bits per heavy atom. The zero-order valence-electron chi connectivity index (χ0n) is 10.7. The minimum absolute atomic E-state index is 0.0140.